The number of rotatable bonds is 6. The number of carbonyl (C=O) groups excluding carboxylic acids is 1. The molecule has 0 heterocycles. The van der Waals surface area contributed by atoms with Gasteiger partial charge in [-0.15, -0.1) is 0 Å². The summed E-state index contributed by atoms with van der Waals surface area (Å²) in [6, 6.07) is 12.9. The Morgan fingerprint density at radius 3 is 2.61 bits per heavy atom. The first kappa shape index (κ1) is 17.6. The van der Waals surface area contributed by atoms with Crippen molar-refractivity contribution in [3.8, 4) is 5.75 Å². The molecule has 1 amide bonds. The van der Waals surface area contributed by atoms with Gasteiger partial charge in [-0.05, 0) is 61.7 Å². The van der Waals surface area contributed by atoms with Crippen LogP contribution in [0.1, 0.15) is 18.1 Å². The number of halogens is 2. The van der Waals surface area contributed by atoms with Crippen LogP contribution in [0.25, 0.3) is 0 Å². The minimum atomic E-state index is -0.575. The van der Waals surface area contributed by atoms with Crippen molar-refractivity contribution in [3.63, 3.8) is 0 Å². The van der Waals surface area contributed by atoms with Crippen LogP contribution < -0.4 is 10.1 Å². The average Bonchev–Trinajstić information content (AvgIpc) is 2.50. The maximum atomic E-state index is 12.1. The molecule has 1 atom stereocenters. The average molecular weight is 352 g/mol. The molecule has 3 nitrogen and oxygen atoms in total. The lowest BCUT2D eigenvalue weighted by Gasteiger charge is -2.16. The molecule has 1 unspecified atom stereocenters. The highest BCUT2D eigenvalue weighted by molar-refractivity contribution is 6.30. The van der Waals surface area contributed by atoms with Gasteiger partial charge in [-0.25, -0.2) is 0 Å². The van der Waals surface area contributed by atoms with Crippen LogP contribution >= 0.6 is 23.2 Å². The summed E-state index contributed by atoms with van der Waals surface area (Å²) in [7, 11) is 0. The fraction of sp³-hybridized carbons (Fsp3) is 0.278. The molecule has 1 N–H and O–H groups in total. The molecular formula is C18H19Cl2NO2. The van der Waals surface area contributed by atoms with E-state index in [4.69, 9.17) is 27.9 Å². The van der Waals surface area contributed by atoms with Crippen LogP contribution in [0.2, 0.25) is 10.0 Å². The molecule has 0 radical (unpaired) electrons. The molecular weight excluding hydrogens is 333 g/mol. The highest BCUT2D eigenvalue weighted by Crippen LogP contribution is 2.22. The number of carbonyl (C=O) groups is 1. The normalized spacial score (nSPS) is 11.8. The van der Waals surface area contributed by atoms with Gasteiger partial charge in [0, 0.05) is 16.6 Å². The largest absolute Gasteiger partial charge is 0.481 e. The molecule has 0 saturated carbocycles. The Labute approximate surface area is 146 Å². The van der Waals surface area contributed by atoms with E-state index in [1.165, 1.54) is 0 Å². The third kappa shape index (κ3) is 5.45. The van der Waals surface area contributed by atoms with Crippen LogP contribution in [-0.2, 0) is 11.2 Å². The Morgan fingerprint density at radius 1 is 1.17 bits per heavy atom. The van der Waals surface area contributed by atoms with E-state index in [2.05, 4.69) is 5.32 Å². The van der Waals surface area contributed by atoms with Gasteiger partial charge in [0.2, 0.25) is 0 Å². The Morgan fingerprint density at radius 2 is 1.91 bits per heavy atom. The minimum Gasteiger partial charge on any atom is -0.481 e. The van der Waals surface area contributed by atoms with Gasteiger partial charge in [-0.3, -0.25) is 4.79 Å². The maximum Gasteiger partial charge on any atom is 0.260 e. The molecule has 5 heteroatoms. The molecule has 0 aromatic heterocycles. The Balaban J connectivity index is 1.83. The first-order valence-electron chi connectivity index (χ1n) is 7.40. The van der Waals surface area contributed by atoms with Gasteiger partial charge >= 0.3 is 0 Å². The van der Waals surface area contributed by atoms with Crippen LogP contribution in [0.3, 0.4) is 0 Å². The molecule has 23 heavy (non-hydrogen) atoms. The highest BCUT2D eigenvalue weighted by atomic mass is 35.5. The zero-order chi connectivity index (χ0) is 16.8. The van der Waals surface area contributed by atoms with Crippen LogP contribution in [0, 0.1) is 6.92 Å². The lowest BCUT2D eigenvalue weighted by molar-refractivity contribution is -0.127. The molecule has 2 aromatic carbocycles. The van der Waals surface area contributed by atoms with E-state index in [1.807, 2.05) is 31.2 Å². The van der Waals surface area contributed by atoms with Crippen molar-refractivity contribution in [2.45, 2.75) is 26.4 Å². The van der Waals surface area contributed by atoms with Gasteiger partial charge in [-0.1, -0.05) is 35.3 Å². The van der Waals surface area contributed by atoms with E-state index < -0.39 is 6.10 Å². The molecule has 0 spiro atoms. The van der Waals surface area contributed by atoms with E-state index in [0.717, 1.165) is 17.5 Å². The number of amides is 1. The lowest BCUT2D eigenvalue weighted by Crippen LogP contribution is -2.37. The smallest absolute Gasteiger partial charge is 0.260 e. The molecule has 2 aromatic rings. The number of nitrogens with one attached hydrogen (secondary N) is 1. The first-order valence-corrected chi connectivity index (χ1v) is 8.16. The number of hydrogen-bond acceptors (Lipinski definition) is 2. The van der Waals surface area contributed by atoms with Crippen molar-refractivity contribution in [1.82, 2.24) is 5.32 Å². The number of hydrogen-bond donors (Lipinski definition) is 1. The van der Waals surface area contributed by atoms with Gasteiger partial charge in [0.1, 0.15) is 5.75 Å². The minimum absolute atomic E-state index is 0.152. The molecule has 0 bridgehead atoms. The van der Waals surface area contributed by atoms with E-state index >= 15 is 0 Å². The number of aryl methyl sites for hydroxylation is 1. The van der Waals surface area contributed by atoms with Crippen molar-refractivity contribution in [2.75, 3.05) is 6.54 Å². The van der Waals surface area contributed by atoms with Gasteiger partial charge in [0.05, 0.1) is 0 Å². The van der Waals surface area contributed by atoms with E-state index in [0.29, 0.717) is 22.3 Å². The topological polar surface area (TPSA) is 38.3 Å². The van der Waals surface area contributed by atoms with Gasteiger partial charge < -0.3 is 10.1 Å². The quantitative estimate of drug-likeness (QED) is 0.835. The second-order valence-corrected chi connectivity index (χ2v) is 6.21. The summed E-state index contributed by atoms with van der Waals surface area (Å²) in [5.74, 6) is 0.508. The standard InChI is InChI=1S/C18H19Cl2NO2/c1-12-10-16(20)6-7-17(12)23-13(2)18(22)21-9-8-14-4-3-5-15(19)11-14/h3-7,10-11,13H,8-9H2,1-2H3,(H,21,22). The van der Waals surface area contributed by atoms with E-state index in [-0.39, 0.29) is 5.91 Å². The third-order valence-electron chi connectivity index (χ3n) is 3.41. The van der Waals surface area contributed by atoms with Crippen molar-refractivity contribution in [3.05, 3.63) is 63.6 Å². The fourth-order valence-electron chi connectivity index (χ4n) is 2.16. The lowest BCUT2D eigenvalue weighted by atomic mass is 10.1. The Kier molecular flexibility index (Phi) is 6.31. The molecule has 0 saturated heterocycles. The Hall–Kier alpha value is -1.71. The van der Waals surface area contributed by atoms with Crippen molar-refractivity contribution in [2.24, 2.45) is 0 Å². The van der Waals surface area contributed by atoms with E-state index in [9.17, 15) is 4.79 Å². The summed E-state index contributed by atoms with van der Waals surface area (Å²) in [5.41, 5.74) is 1.98. The van der Waals surface area contributed by atoms with Crippen molar-refractivity contribution in [1.29, 1.82) is 0 Å². The van der Waals surface area contributed by atoms with Crippen LogP contribution in [0.5, 0.6) is 5.75 Å². The van der Waals surface area contributed by atoms with Crippen molar-refractivity contribution < 1.29 is 9.53 Å². The van der Waals surface area contributed by atoms with Crippen LogP contribution in [0.4, 0.5) is 0 Å². The first-order chi connectivity index (χ1) is 11.0. The summed E-state index contributed by atoms with van der Waals surface area (Å²) in [4.78, 5) is 12.1. The monoisotopic (exact) mass is 351 g/mol. The van der Waals surface area contributed by atoms with Gasteiger partial charge in [-0.2, -0.15) is 0 Å². The number of ether oxygens (including phenoxy) is 1. The maximum absolute atomic E-state index is 12.1. The molecule has 0 aliphatic heterocycles. The van der Waals surface area contributed by atoms with Gasteiger partial charge in [0.15, 0.2) is 6.10 Å². The summed E-state index contributed by atoms with van der Waals surface area (Å²) >= 11 is 11.8. The Bertz CT molecular complexity index is 688. The van der Waals surface area contributed by atoms with E-state index in [1.54, 1.807) is 25.1 Å². The second kappa shape index (κ2) is 8.23. The molecule has 122 valence electrons. The highest BCUT2D eigenvalue weighted by Gasteiger charge is 2.15. The predicted molar refractivity (Wildman–Crippen MR) is 94.4 cm³/mol. The third-order valence-corrected chi connectivity index (χ3v) is 3.88. The van der Waals surface area contributed by atoms with Crippen LogP contribution in [0.15, 0.2) is 42.5 Å². The van der Waals surface area contributed by atoms with Crippen LogP contribution in [-0.4, -0.2) is 18.6 Å². The van der Waals surface area contributed by atoms with Crippen molar-refractivity contribution >= 4 is 29.1 Å². The predicted octanol–water partition coefficient (Wildman–Crippen LogP) is 4.43. The summed E-state index contributed by atoms with van der Waals surface area (Å²) < 4.78 is 5.69. The summed E-state index contributed by atoms with van der Waals surface area (Å²) in [5, 5.41) is 4.21. The zero-order valence-electron chi connectivity index (χ0n) is 13.1. The molecule has 0 aliphatic rings. The fourth-order valence-corrected chi connectivity index (χ4v) is 2.59. The zero-order valence-corrected chi connectivity index (χ0v) is 14.6. The number of benzene rings is 2. The summed E-state index contributed by atoms with van der Waals surface area (Å²) in [6.45, 7) is 4.15. The SMILES string of the molecule is Cc1cc(Cl)ccc1OC(C)C(=O)NCCc1cccc(Cl)c1. The van der Waals surface area contributed by atoms with Gasteiger partial charge in [0.25, 0.3) is 5.91 Å². The second-order valence-electron chi connectivity index (χ2n) is 5.34. The molecule has 2 rings (SSSR count). The summed E-state index contributed by atoms with van der Waals surface area (Å²) in [6.07, 6.45) is 0.146. The molecule has 0 fully saturated rings. The molecule has 0 aliphatic carbocycles.